The lowest BCUT2D eigenvalue weighted by molar-refractivity contribution is 0.00578. The Bertz CT molecular complexity index is 2060. The zero-order valence-corrected chi connectivity index (χ0v) is 25.3. The van der Waals surface area contributed by atoms with Crippen LogP contribution in [-0.4, -0.2) is 37.9 Å². The van der Waals surface area contributed by atoms with Gasteiger partial charge in [-0.05, 0) is 73.6 Å². The van der Waals surface area contributed by atoms with Gasteiger partial charge in [0.25, 0.3) is 0 Å². The van der Waals surface area contributed by atoms with E-state index in [2.05, 4.69) is 119 Å². The molecule has 0 unspecified atom stereocenters. The van der Waals surface area contributed by atoms with Crippen LogP contribution < -0.4 is 5.46 Å². The van der Waals surface area contributed by atoms with Gasteiger partial charge < -0.3 is 9.31 Å². The largest absolute Gasteiger partial charge is 0.494 e. The van der Waals surface area contributed by atoms with E-state index in [1.54, 1.807) is 0 Å². The molecule has 4 aromatic carbocycles. The van der Waals surface area contributed by atoms with Crippen LogP contribution in [0.5, 0.6) is 0 Å². The molecule has 0 atom stereocenters. The summed E-state index contributed by atoms with van der Waals surface area (Å²) < 4.78 is 14.7. The number of hydrogen-bond acceptors (Lipinski definition) is 5. The number of aromatic nitrogens is 4. The Kier molecular flexibility index (Phi) is 5.41. The normalized spacial score (nSPS) is 17.9. The van der Waals surface area contributed by atoms with Gasteiger partial charge in [0.15, 0.2) is 11.5 Å². The molecule has 212 valence electrons. The van der Waals surface area contributed by atoms with Crippen molar-refractivity contribution in [3.63, 3.8) is 0 Å². The summed E-state index contributed by atoms with van der Waals surface area (Å²) in [5.41, 5.74) is 8.96. The van der Waals surface area contributed by atoms with Crippen LogP contribution in [0.2, 0.25) is 0 Å². The maximum Gasteiger partial charge on any atom is 0.494 e. The van der Waals surface area contributed by atoms with Gasteiger partial charge in [0.2, 0.25) is 0 Å². The van der Waals surface area contributed by atoms with Crippen molar-refractivity contribution in [3.8, 4) is 33.9 Å². The van der Waals surface area contributed by atoms with Gasteiger partial charge in [-0.25, -0.2) is 4.98 Å². The van der Waals surface area contributed by atoms with Crippen LogP contribution in [0.4, 0.5) is 0 Å². The lowest BCUT2D eigenvalue weighted by Crippen LogP contribution is -2.41. The number of nitrogens with zero attached hydrogens (tertiary/aromatic N) is 4. The van der Waals surface area contributed by atoms with E-state index in [4.69, 9.17) is 24.5 Å². The Labute approximate surface area is 251 Å². The number of benzene rings is 4. The van der Waals surface area contributed by atoms with E-state index in [9.17, 15) is 0 Å². The molecule has 8 rings (SSSR count). The van der Waals surface area contributed by atoms with Crippen molar-refractivity contribution in [2.45, 2.75) is 58.2 Å². The molecule has 2 aliphatic rings. The molecule has 0 amide bonds. The van der Waals surface area contributed by atoms with Crippen LogP contribution in [-0.2, 0) is 14.7 Å². The van der Waals surface area contributed by atoms with E-state index >= 15 is 0 Å². The summed E-state index contributed by atoms with van der Waals surface area (Å²) in [6, 6.07) is 31.8. The van der Waals surface area contributed by atoms with Crippen LogP contribution >= 0.6 is 0 Å². The first-order valence-electron chi connectivity index (χ1n) is 14.9. The first-order chi connectivity index (χ1) is 20.5. The molecule has 6 nitrogen and oxygen atoms in total. The van der Waals surface area contributed by atoms with Crippen LogP contribution in [0, 0.1) is 0 Å². The summed E-state index contributed by atoms with van der Waals surface area (Å²) in [5.74, 6) is 1.56. The van der Waals surface area contributed by atoms with Gasteiger partial charge in [-0.1, -0.05) is 86.6 Å². The van der Waals surface area contributed by atoms with Crippen LogP contribution in [0.15, 0.2) is 91.0 Å². The summed E-state index contributed by atoms with van der Waals surface area (Å²) in [7, 11) is -0.422. The van der Waals surface area contributed by atoms with Gasteiger partial charge in [-0.15, -0.1) is 10.2 Å². The van der Waals surface area contributed by atoms with E-state index in [1.807, 2.05) is 18.2 Å². The van der Waals surface area contributed by atoms with Gasteiger partial charge in [0.05, 0.1) is 16.7 Å². The molecule has 7 heteroatoms. The Morgan fingerprint density at radius 1 is 0.628 bits per heavy atom. The second kappa shape index (κ2) is 8.85. The third-order valence-electron chi connectivity index (χ3n) is 9.78. The number of para-hydroxylation sites is 1. The zero-order valence-electron chi connectivity index (χ0n) is 25.3. The van der Waals surface area contributed by atoms with E-state index in [-0.39, 0.29) is 5.41 Å². The summed E-state index contributed by atoms with van der Waals surface area (Å²) in [4.78, 5) is 5.21. The van der Waals surface area contributed by atoms with Crippen molar-refractivity contribution in [2.75, 3.05) is 0 Å². The molecule has 43 heavy (non-hydrogen) atoms. The molecule has 6 aromatic rings. The minimum Gasteiger partial charge on any atom is -0.399 e. The smallest absolute Gasteiger partial charge is 0.399 e. The molecule has 2 aromatic heterocycles. The third-order valence-corrected chi connectivity index (χ3v) is 9.78. The van der Waals surface area contributed by atoms with E-state index in [1.165, 1.54) is 22.3 Å². The lowest BCUT2D eigenvalue weighted by Gasteiger charge is -2.32. The highest BCUT2D eigenvalue weighted by Gasteiger charge is 2.51. The number of fused-ring (bicyclic) bond motifs is 6. The average Bonchev–Trinajstić information content (AvgIpc) is 3.61. The Balaban J connectivity index is 1.28. The van der Waals surface area contributed by atoms with Crippen LogP contribution in [0.1, 0.15) is 52.7 Å². The standard InChI is InChI=1S/C36H33BN4O2/c1-34(2)28-13-9-7-11-25(28)26-20-17-23(21-29(26)34)31-38-30-14-10-8-12-27(30)33-40-39-32(41(31)33)22-15-18-24(19-16-22)37-42-35(3,4)36(5,6)43-37/h7-21H,1-6H3. The van der Waals surface area contributed by atoms with Crippen molar-refractivity contribution in [1.29, 1.82) is 0 Å². The number of hydrogen-bond donors (Lipinski definition) is 0. The second-order valence-corrected chi connectivity index (χ2v) is 13.3. The van der Waals surface area contributed by atoms with Gasteiger partial charge >= 0.3 is 7.12 Å². The van der Waals surface area contributed by atoms with Crippen molar-refractivity contribution in [3.05, 3.63) is 102 Å². The van der Waals surface area contributed by atoms with E-state index < -0.39 is 18.3 Å². The summed E-state index contributed by atoms with van der Waals surface area (Å²) in [5, 5.41) is 10.4. The van der Waals surface area contributed by atoms with Gasteiger partial charge in [-0.2, -0.15) is 0 Å². The van der Waals surface area contributed by atoms with Crippen molar-refractivity contribution in [1.82, 2.24) is 19.6 Å². The topological polar surface area (TPSA) is 61.5 Å². The monoisotopic (exact) mass is 564 g/mol. The maximum atomic E-state index is 6.29. The molecule has 0 saturated carbocycles. The highest BCUT2D eigenvalue weighted by atomic mass is 16.7. The molecular weight excluding hydrogens is 531 g/mol. The van der Waals surface area contributed by atoms with E-state index in [0.717, 1.165) is 44.8 Å². The molecule has 1 aliphatic heterocycles. The number of rotatable bonds is 3. The molecule has 3 heterocycles. The highest BCUT2D eigenvalue weighted by molar-refractivity contribution is 6.62. The summed E-state index contributed by atoms with van der Waals surface area (Å²) >= 11 is 0. The van der Waals surface area contributed by atoms with Crippen molar-refractivity contribution < 1.29 is 9.31 Å². The Morgan fingerprint density at radius 3 is 2.05 bits per heavy atom. The minimum absolute atomic E-state index is 0.114. The fraction of sp³-hybridized carbons (Fsp3) is 0.250. The third kappa shape index (κ3) is 3.78. The van der Waals surface area contributed by atoms with Crippen molar-refractivity contribution >= 4 is 29.1 Å². The second-order valence-electron chi connectivity index (χ2n) is 13.3. The molecule has 0 bridgehead atoms. The zero-order chi connectivity index (χ0) is 29.7. The van der Waals surface area contributed by atoms with Gasteiger partial charge in [-0.3, -0.25) is 4.40 Å². The average molecular weight is 564 g/mol. The highest BCUT2D eigenvalue weighted by Crippen LogP contribution is 2.49. The molecule has 0 N–H and O–H groups in total. The molecule has 0 spiro atoms. The predicted octanol–water partition coefficient (Wildman–Crippen LogP) is 7.22. The lowest BCUT2D eigenvalue weighted by atomic mass is 9.79. The fourth-order valence-electron chi connectivity index (χ4n) is 6.58. The summed E-state index contributed by atoms with van der Waals surface area (Å²) in [6.45, 7) is 12.9. The first-order valence-corrected chi connectivity index (χ1v) is 14.9. The quantitative estimate of drug-likeness (QED) is 0.213. The summed E-state index contributed by atoms with van der Waals surface area (Å²) in [6.07, 6.45) is 0. The SMILES string of the molecule is CC1(C)c2ccccc2-c2ccc(-c3nc4ccccc4c4nnc(-c5ccc(B6OC(C)(C)C(C)(C)O6)cc5)n34)cc21. The maximum absolute atomic E-state index is 6.29. The molecule has 0 radical (unpaired) electrons. The van der Waals surface area contributed by atoms with Gasteiger partial charge in [0.1, 0.15) is 5.82 Å². The predicted molar refractivity (Wildman–Crippen MR) is 172 cm³/mol. The van der Waals surface area contributed by atoms with Crippen LogP contribution in [0.3, 0.4) is 0 Å². The molecule has 1 aliphatic carbocycles. The fourth-order valence-corrected chi connectivity index (χ4v) is 6.58. The first kappa shape index (κ1) is 26.3. The van der Waals surface area contributed by atoms with Crippen molar-refractivity contribution in [2.24, 2.45) is 0 Å². The Morgan fingerprint density at radius 2 is 1.28 bits per heavy atom. The Hall–Kier alpha value is -4.33. The molecule has 1 fully saturated rings. The van der Waals surface area contributed by atoms with E-state index in [0.29, 0.717) is 0 Å². The molecule has 1 saturated heterocycles. The van der Waals surface area contributed by atoms with Crippen LogP contribution in [0.25, 0.3) is 50.5 Å². The molecular formula is C36H33BN4O2. The minimum atomic E-state index is -0.422. The van der Waals surface area contributed by atoms with Gasteiger partial charge in [0, 0.05) is 21.9 Å².